The number of hydrogen-bond donors (Lipinski definition) is 2. The maximum absolute atomic E-state index is 13.0. The first-order valence-corrected chi connectivity index (χ1v) is 11.7. The van der Waals surface area contributed by atoms with Gasteiger partial charge in [-0.25, -0.2) is 0 Å². The number of anilines is 3. The first-order valence-electron chi connectivity index (χ1n) is 10.9. The van der Waals surface area contributed by atoms with E-state index >= 15 is 0 Å². The lowest BCUT2D eigenvalue weighted by Crippen LogP contribution is -2.28. The summed E-state index contributed by atoms with van der Waals surface area (Å²) in [4.78, 5) is 40.3. The maximum Gasteiger partial charge on any atom is 0.266 e. The van der Waals surface area contributed by atoms with Gasteiger partial charge in [-0.2, -0.15) is 0 Å². The molecule has 0 unspecified atom stereocenters. The first kappa shape index (κ1) is 22.7. The molecule has 7 heteroatoms. The fourth-order valence-corrected chi connectivity index (χ4v) is 4.62. The number of nitrogens with one attached hydrogen (secondary N) is 2. The molecule has 0 bridgehead atoms. The van der Waals surface area contributed by atoms with Gasteiger partial charge in [-0.15, -0.1) is 11.3 Å². The number of fused-ring (bicyclic) bond motifs is 1. The molecule has 0 saturated heterocycles. The van der Waals surface area contributed by atoms with Crippen molar-refractivity contribution < 1.29 is 14.4 Å². The van der Waals surface area contributed by atoms with Gasteiger partial charge in [-0.3, -0.25) is 14.4 Å². The Morgan fingerprint density at radius 2 is 1.67 bits per heavy atom. The second-order valence-corrected chi connectivity index (χ2v) is 10.2. The molecule has 2 aromatic carbocycles. The molecule has 170 valence electrons. The van der Waals surface area contributed by atoms with Gasteiger partial charge in [0.15, 0.2) is 0 Å². The van der Waals surface area contributed by atoms with Gasteiger partial charge in [0, 0.05) is 28.9 Å². The molecule has 0 saturated carbocycles. The second kappa shape index (κ2) is 8.83. The van der Waals surface area contributed by atoms with Gasteiger partial charge in [0.2, 0.25) is 5.91 Å². The number of carbonyl (C=O) groups excluding carboxylic acids is 3. The highest BCUT2D eigenvalue weighted by atomic mass is 32.1. The van der Waals surface area contributed by atoms with Gasteiger partial charge in [0.25, 0.3) is 11.8 Å². The number of aryl methyl sites for hydroxylation is 1. The summed E-state index contributed by atoms with van der Waals surface area (Å²) in [6.45, 7) is 8.03. The Labute approximate surface area is 197 Å². The van der Waals surface area contributed by atoms with Crippen LogP contribution in [-0.4, -0.2) is 24.3 Å². The van der Waals surface area contributed by atoms with Crippen LogP contribution in [0, 0.1) is 12.3 Å². The largest absolute Gasteiger partial charge is 0.321 e. The lowest BCUT2D eigenvalue weighted by molar-refractivity contribution is -0.123. The lowest BCUT2D eigenvalue weighted by Gasteiger charge is -2.17. The number of benzene rings is 2. The minimum atomic E-state index is -0.517. The summed E-state index contributed by atoms with van der Waals surface area (Å²) in [5, 5.41) is 6.40. The molecule has 3 amide bonds. The Morgan fingerprint density at radius 3 is 2.36 bits per heavy atom. The number of thiophene rings is 1. The van der Waals surface area contributed by atoms with Crippen LogP contribution >= 0.6 is 11.3 Å². The van der Waals surface area contributed by atoms with Crippen LogP contribution in [0.15, 0.2) is 54.6 Å². The number of hydrogen-bond acceptors (Lipinski definition) is 4. The van der Waals surface area contributed by atoms with E-state index < -0.39 is 5.41 Å². The molecule has 2 N–H and O–H groups in total. The third-order valence-corrected chi connectivity index (χ3v) is 6.72. The normalized spacial score (nSPS) is 12.9. The van der Waals surface area contributed by atoms with Gasteiger partial charge in [-0.05, 0) is 60.9 Å². The zero-order valence-corrected chi connectivity index (χ0v) is 20.0. The lowest BCUT2D eigenvalue weighted by atomic mass is 9.96. The van der Waals surface area contributed by atoms with Crippen LogP contribution in [0.4, 0.5) is 16.4 Å². The fourth-order valence-electron chi connectivity index (χ4n) is 3.66. The first-order chi connectivity index (χ1) is 15.6. The molecule has 0 aliphatic carbocycles. The molecule has 4 rings (SSSR count). The van der Waals surface area contributed by atoms with Gasteiger partial charge in [-0.1, -0.05) is 39.0 Å². The fraction of sp³-hybridized carbons (Fsp3) is 0.269. The quantitative estimate of drug-likeness (QED) is 0.539. The van der Waals surface area contributed by atoms with Crippen molar-refractivity contribution in [3.05, 3.63) is 76.2 Å². The molecular formula is C26H27N3O3S. The van der Waals surface area contributed by atoms with E-state index in [-0.39, 0.29) is 17.7 Å². The highest BCUT2D eigenvalue weighted by Gasteiger charge is 2.25. The van der Waals surface area contributed by atoms with Crippen LogP contribution in [0.2, 0.25) is 0 Å². The van der Waals surface area contributed by atoms with Crippen LogP contribution in [0.3, 0.4) is 0 Å². The van der Waals surface area contributed by atoms with Crippen molar-refractivity contribution >= 4 is 45.4 Å². The molecule has 0 spiro atoms. The maximum atomic E-state index is 13.0. The van der Waals surface area contributed by atoms with Crippen LogP contribution in [0.25, 0.3) is 0 Å². The van der Waals surface area contributed by atoms with Crippen molar-refractivity contribution in [3.63, 3.8) is 0 Å². The molecule has 2 heterocycles. The standard InChI is InChI=1S/C26H27N3O3S/c1-16-15-21(28-25(32)26(2,3)4)33-22(16)23(30)27-19-11-9-18(10-12-19)24(31)29-14-13-17-7-5-6-8-20(17)29/h5-12,15H,13-14H2,1-4H3,(H,27,30)(H,28,32). The van der Waals surface area contributed by atoms with E-state index in [1.807, 2.05) is 52.0 Å². The molecule has 1 aliphatic heterocycles. The van der Waals surface area contributed by atoms with E-state index in [1.54, 1.807) is 35.2 Å². The van der Waals surface area contributed by atoms with Crippen molar-refractivity contribution in [1.82, 2.24) is 0 Å². The Balaban J connectivity index is 1.43. The summed E-state index contributed by atoms with van der Waals surface area (Å²) >= 11 is 1.24. The predicted octanol–water partition coefficient (Wildman–Crippen LogP) is 5.50. The topological polar surface area (TPSA) is 78.5 Å². The van der Waals surface area contributed by atoms with Crippen molar-refractivity contribution in [3.8, 4) is 0 Å². The summed E-state index contributed by atoms with van der Waals surface area (Å²) in [6.07, 6.45) is 0.856. The minimum absolute atomic E-state index is 0.0499. The summed E-state index contributed by atoms with van der Waals surface area (Å²) in [5.41, 5.74) is 3.59. The summed E-state index contributed by atoms with van der Waals surface area (Å²) in [5.74, 6) is -0.399. The molecule has 1 aliphatic rings. The molecule has 1 aromatic heterocycles. The third kappa shape index (κ3) is 4.83. The van der Waals surface area contributed by atoms with Crippen LogP contribution in [0.5, 0.6) is 0 Å². The highest BCUT2D eigenvalue weighted by Crippen LogP contribution is 2.30. The number of para-hydroxylation sites is 1. The smallest absolute Gasteiger partial charge is 0.266 e. The SMILES string of the molecule is Cc1cc(NC(=O)C(C)(C)C)sc1C(=O)Nc1ccc(C(=O)N2CCc3ccccc32)cc1. The molecule has 33 heavy (non-hydrogen) atoms. The van der Waals surface area contributed by atoms with Crippen LogP contribution in [0.1, 0.15) is 51.9 Å². The van der Waals surface area contributed by atoms with E-state index in [9.17, 15) is 14.4 Å². The van der Waals surface area contributed by atoms with Crippen molar-refractivity contribution in [2.75, 3.05) is 22.1 Å². The number of amides is 3. The van der Waals surface area contributed by atoms with Gasteiger partial charge < -0.3 is 15.5 Å². The molecule has 6 nitrogen and oxygen atoms in total. The van der Waals surface area contributed by atoms with Crippen molar-refractivity contribution in [1.29, 1.82) is 0 Å². The zero-order valence-electron chi connectivity index (χ0n) is 19.2. The van der Waals surface area contributed by atoms with Gasteiger partial charge in [0.1, 0.15) is 0 Å². The predicted molar refractivity (Wildman–Crippen MR) is 133 cm³/mol. The molecular weight excluding hydrogens is 434 g/mol. The minimum Gasteiger partial charge on any atom is -0.321 e. The van der Waals surface area contributed by atoms with E-state index in [1.165, 1.54) is 16.9 Å². The van der Waals surface area contributed by atoms with E-state index in [0.29, 0.717) is 27.7 Å². The molecule has 0 atom stereocenters. The Hall–Kier alpha value is -3.45. The molecule has 0 fully saturated rings. The Morgan fingerprint density at radius 1 is 0.970 bits per heavy atom. The third-order valence-electron chi connectivity index (χ3n) is 5.56. The average molecular weight is 462 g/mol. The summed E-state index contributed by atoms with van der Waals surface area (Å²) < 4.78 is 0. The number of rotatable bonds is 4. The van der Waals surface area contributed by atoms with Crippen LogP contribution in [-0.2, 0) is 11.2 Å². The zero-order chi connectivity index (χ0) is 23.8. The summed E-state index contributed by atoms with van der Waals surface area (Å²) in [6, 6.07) is 16.7. The second-order valence-electron chi connectivity index (χ2n) is 9.19. The average Bonchev–Trinajstić information content (AvgIpc) is 3.36. The molecule has 0 radical (unpaired) electrons. The van der Waals surface area contributed by atoms with Crippen molar-refractivity contribution in [2.24, 2.45) is 5.41 Å². The highest BCUT2D eigenvalue weighted by molar-refractivity contribution is 7.18. The van der Waals surface area contributed by atoms with Crippen LogP contribution < -0.4 is 15.5 Å². The van der Waals surface area contributed by atoms with Gasteiger partial charge >= 0.3 is 0 Å². The van der Waals surface area contributed by atoms with E-state index in [2.05, 4.69) is 10.6 Å². The van der Waals surface area contributed by atoms with E-state index in [4.69, 9.17) is 0 Å². The molecule has 3 aromatic rings. The number of carbonyl (C=O) groups is 3. The summed E-state index contributed by atoms with van der Waals surface area (Å²) in [7, 11) is 0. The van der Waals surface area contributed by atoms with E-state index in [0.717, 1.165) is 17.7 Å². The monoisotopic (exact) mass is 461 g/mol. The Kier molecular flexibility index (Phi) is 6.08. The number of nitrogens with zero attached hydrogens (tertiary/aromatic N) is 1. The van der Waals surface area contributed by atoms with Gasteiger partial charge in [0.05, 0.1) is 9.88 Å². The Bertz CT molecular complexity index is 1220. The van der Waals surface area contributed by atoms with Crippen molar-refractivity contribution in [2.45, 2.75) is 34.1 Å².